The van der Waals surface area contributed by atoms with Crippen LogP contribution in [0, 0.1) is 0 Å². The Bertz CT molecular complexity index is 294. The number of thiophene rings is 1. The Morgan fingerprint density at radius 2 is 2.25 bits per heavy atom. The lowest BCUT2D eigenvalue weighted by Gasteiger charge is -2.28. The van der Waals surface area contributed by atoms with Crippen molar-refractivity contribution in [1.82, 2.24) is 0 Å². The standard InChI is InChI=1S/C12H19NOS2/c1-9(13)12(10-4-7-15-8-10)16-11-2-5-14-6-3-11/h4,7-9,11-12H,2-3,5-6,13H2,1H3. The van der Waals surface area contributed by atoms with E-state index in [4.69, 9.17) is 10.5 Å². The predicted octanol–water partition coefficient (Wildman–Crippen LogP) is 3.05. The van der Waals surface area contributed by atoms with E-state index in [2.05, 4.69) is 23.8 Å². The third kappa shape index (κ3) is 3.23. The molecule has 1 saturated heterocycles. The van der Waals surface area contributed by atoms with E-state index in [9.17, 15) is 0 Å². The number of thioether (sulfide) groups is 1. The summed E-state index contributed by atoms with van der Waals surface area (Å²) >= 11 is 3.79. The highest BCUT2D eigenvalue weighted by molar-refractivity contribution is 8.00. The molecule has 0 aliphatic carbocycles. The Morgan fingerprint density at radius 3 is 2.81 bits per heavy atom. The van der Waals surface area contributed by atoms with Crippen molar-refractivity contribution >= 4 is 23.1 Å². The van der Waals surface area contributed by atoms with Crippen LogP contribution in [0.4, 0.5) is 0 Å². The van der Waals surface area contributed by atoms with Gasteiger partial charge in [0, 0.05) is 29.8 Å². The van der Waals surface area contributed by atoms with Gasteiger partial charge in [0.25, 0.3) is 0 Å². The highest BCUT2D eigenvalue weighted by Gasteiger charge is 2.23. The molecule has 1 fully saturated rings. The Kier molecular flexibility index (Phi) is 4.70. The van der Waals surface area contributed by atoms with Gasteiger partial charge < -0.3 is 10.5 Å². The van der Waals surface area contributed by atoms with Crippen LogP contribution in [0.3, 0.4) is 0 Å². The summed E-state index contributed by atoms with van der Waals surface area (Å²) in [4.78, 5) is 0. The van der Waals surface area contributed by atoms with Gasteiger partial charge in [-0.25, -0.2) is 0 Å². The normalized spacial score (nSPS) is 21.9. The van der Waals surface area contributed by atoms with E-state index >= 15 is 0 Å². The van der Waals surface area contributed by atoms with Crippen LogP contribution in [-0.4, -0.2) is 24.5 Å². The minimum absolute atomic E-state index is 0.211. The maximum Gasteiger partial charge on any atom is 0.0476 e. The molecule has 2 N–H and O–H groups in total. The first kappa shape index (κ1) is 12.4. The van der Waals surface area contributed by atoms with Crippen LogP contribution in [0.5, 0.6) is 0 Å². The first-order valence-corrected chi connectivity index (χ1v) is 7.67. The molecule has 0 amide bonds. The smallest absolute Gasteiger partial charge is 0.0476 e. The minimum Gasteiger partial charge on any atom is -0.381 e. The SMILES string of the molecule is CC(N)C(SC1CCOCC1)c1ccsc1. The van der Waals surface area contributed by atoms with Gasteiger partial charge in [-0.05, 0) is 42.2 Å². The van der Waals surface area contributed by atoms with Crippen LogP contribution >= 0.6 is 23.1 Å². The molecule has 0 radical (unpaired) electrons. The second-order valence-electron chi connectivity index (χ2n) is 4.28. The minimum atomic E-state index is 0.211. The van der Waals surface area contributed by atoms with Gasteiger partial charge in [0.05, 0.1) is 0 Å². The van der Waals surface area contributed by atoms with Gasteiger partial charge >= 0.3 is 0 Å². The topological polar surface area (TPSA) is 35.2 Å². The molecule has 2 heterocycles. The van der Waals surface area contributed by atoms with Crippen molar-refractivity contribution in [3.8, 4) is 0 Å². The number of hydrogen-bond acceptors (Lipinski definition) is 4. The molecule has 4 heteroatoms. The molecule has 1 aromatic rings. The highest BCUT2D eigenvalue weighted by atomic mass is 32.2. The van der Waals surface area contributed by atoms with E-state index in [1.807, 2.05) is 11.8 Å². The molecule has 16 heavy (non-hydrogen) atoms. The van der Waals surface area contributed by atoms with Gasteiger partial charge in [0.15, 0.2) is 0 Å². The summed E-state index contributed by atoms with van der Waals surface area (Å²) in [5.74, 6) is 0. The van der Waals surface area contributed by atoms with E-state index in [0.29, 0.717) is 10.5 Å². The summed E-state index contributed by atoms with van der Waals surface area (Å²) in [6.07, 6.45) is 2.33. The van der Waals surface area contributed by atoms with Crippen molar-refractivity contribution in [3.63, 3.8) is 0 Å². The molecule has 1 aromatic heterocycles. The van der Waals surface area contributed by atoms with Gasteiger partial charge in [-0.3, -0.25) is 0 Å². The van der Waals surface area contributed by atoms with Crippen molar-refractivity contribution in [3.05, 3.63) is 22.4 Å². The molecule has 1 aliphatic heterocycles. The van der Waals surface area contributed by atoms with E-state index in [1.165, 1.54) is 5.56 Å². The number of nitrogens with two attached hydrogens (primary N) is 1. The Hall–Kier alpha value is -0.0300. The van der Waals surface area contributed by atoms with Gasteiger partial charge in [-0.2, -0.15) is 11.3 Å². The molecular weight excluding hydrogens is 238 g/mol. The molecule has 0 aromatic carbocycles. The van der Waals surface area contributed by atoms with Crippen molar-refractivity contribution in [2.75, 3.05) is 13.2 Å². The predicted molar refractivity (Wildman–Crippen MR) is 72.1 cm³/mol. The molecular formula is C12H19NOS2. The van der Waals surface area contributed by atoms with Crippen molar-refractivity contribution in [2.45, 2.75) is 36.3 Å². The molecule has 1 aliphatic rings. The second-order valence-corrected chi connectivity index (χ2v) is 6.51. The van der Waals surface area contributed by atoms with Gasteiger partial charge in [-0.15, -0.1) is 11.8 Å². The van der Waals surface area contributed by atoms with Crippen molar-refractivity contribution in [1.29, 1.82) is 0 Å². The Morgan fingerprint density at radius 1 is 1.50 bits per heavy atom. The number of ether oxygens (including phenoxy) is 1. The molecule has 2 unspecified atom stereocenters. The van der Waals surface area contributed by atoms with Crippen LogP contribution in [0.1, 0.15) is 30.6 Å². The zero-order chi connectivity index (χ0) is 11.4. The maximum atomic E-state index is 6.10. The Balaban J connectivity index is 1.97. The monoisotopic (exact) mass is 257 g/mol. The largest absolute Gasteiger partial charge is 0.381 e. The fourth-order valence-corrected chi connectivity index (χ4v) is 4.18. The lowest BCUT2D eigenvalue weighted by atomic mass is 10.1. The summed E-state index contributed by atoms with van der Waals surface area (Å²) in [6, 6.07) is 2.41. The molecule has 2 rings (SSSR count). The van der Waals surface area contributed by atoms with Crippen LogP contribution in [0.15, 0.2) is 16.8 Å². The lowest BCUT2D eigenvalue weighted by Crippen LogP contribution is -2.26. The lowest BCUT2D eigenvalue weighted by molar-refractivity contribution is 0.0999. The fraction of sp³-hybridized carbons (Fsp3) is 0.667. The molecule has 0 saturated carbocycles. The van der Waals surface area contributed by atoms with Gasteiger partial charge in [0.1, 0.15) is 0 Å². The van der Waals surface area contributed by atoms with Gasteiger partial charge in [-0.1, -0.05) is 0 Å². The average molecular weight is 257 g/mol. The highest BCUT2D eigenvalue weighted by Crippen LogP contribution is 2.38. The first-order chi connectivity index (χ1) is 7.77. The summed E-state index contributed by atoms with van der Waals surface area (Å²) < 4.78 is 5.39. The van der Waals surface area contributed by atoms with Crippen LogP contribution in [-0.2, 0) is 4.74 Å². The summed E-state index contributed by atoms with van der Waals surface area (Å²) in [5, 5.41) is 5.51. The molecule has 0 bridgehead atoms. The van der Waals surface area contributed by atoms with Crippen molar-refractivity contribution in [2.24, 2.45) is 5.73 Å². The number of hydrogen-bond donors (Lipinski definition) is 1. The average Bonchev–Trinajstić information content (AvgIpc) is 2.80. The zero-order valence-electron chi connectivity index (χ0n) is 9.59. The van der Waals surface area contributed by atoms with Crippen LogP contribution in [0.2, 0.25) is 0 Å². The second kappa shape index (κ2) is 6.05. The fourth-order valence-electron chi connectivity index (χ4n) is 1.96. The van der Waals surface area contributed by atoms with Crippen molar-refractivity contribution < 1.29 is 4.74 Å². The first-order valence-electron chi connectivity index (χ1n) is 5.78. The quantitative estimate of drug-likeness (QED) is 0.900. The van der Waals surface area contributed by atoms with E-state index in [0.717, 1.165) is 26.1 Å². The summed E-state index contributed by atoms with van der Waals surface area (Å²) in [7, 11) is 0. The van der Waals surface area contributed by atoms with E-state index in [1.54, 1.807) is 11.3 Å². The van der Waals surface area contributed by atoms with E-state index in [-0.39, 0.29) is 6.04 Å². The molecule has 90 valence electrons. The molecule has 0 spiro atoms. The third-order valence-corrected chi connectivity index (χ3v) is 5.41. The molecule has 2 nitrogen and oxygen atoms in total. The number of rotatable bonds is 4. The van der Waals surface area contributed by atoms with Gasteiger partial charge in [0.2, 0.25) is 0 Å². The van der Waals surface area contributed by atoms with Crippen LogP contribution < -0.4 is 5.73 Å². The summed E-state index contributed by atoms with van der Waals surface area (Å²) in [5.41, 5.74) is 7.48. The zero-order valence-corrected chi connectivity index (χ0v) is 11.2. The maximum absolute atomic E-state index is 6.10. The summed E-state index contributed by atoms with van der Waals surface area (Å²) in [6.45, 7) is 3.93. The third-order valence-electron chi connectivity index (χ3n) is 2.86. The molecule has 2 atom stereocenters. The van der Waals surface area contributed by atoms with Crippen LogP contribution in [0.25, 0.3) is 0 Å². The Labute approximate surface area is 106 Å². The van der Waals surface area contributed by atoms with E-state index < -0.39 is 0 Å².